The van der Waals surface area contributed by atoms with Crippen molar-refractivity contribution in [2.45, 2.75) is 38.1 Å². The Balaban J connectivity index is 2.10. The number of hydrogen-bond acceptors (Lipinski definition) is 2. The Morgan fingerprint density at radius 2 is 1.90 bits per heavy atom. The van der Waals surface area contributed by atoms with Gasteiger partial charge in [0.15, 0.2) is 11.6 Å². The average molecular weight is 317 g/mol. The van der Waals surface area contributed by atoms with Gasteiger partial charge in [-0.3, -0.25) is 4.79 Å². The van der Waals surface area contributed by atoms with Crippen molar-refractivity contribution >= 4 is 17.5 Å². The van der Waals surface area contributed by atoms with Crippen LogP contribution in [0.25, 0.3) is 0 Å². The van der Waals surface area contributed by atoms with Gasteiger partial charge in [-0.15, -0.1) is 0 Å². The standard InChI is InChI=1S/C15H19ClF2N2O/c16-11-7-13(18)12(17)6-10(11)15(21)20-14(8-19)9-4-2-1-3-5-9/h6-7,9,14H,1-5,8,19H2,(H,20,21). The highest BCUT2D eigenvalue weighted by atomic mass is 35.5. The van der Waals surface area contributed by atoms with Crippen LogP contribution in [0.5, 0.6) is 0 Å². The van der Waals surface area contributed by atoms with Crippen LogP contribution in [0.3, 0.4) is 0 Å². The molecule has 2 rings (SSSR count). The number of hydrogen-bond donors (Lipinski definition) is 2. The quantitative estimate of drug-likeness (QED) is 0.838. The van der Waals surface area contributed by atoms with Gasteiger partial charge in [0.05, 0.1) is 10.6 Å². The van der Waals surface area contributed by atoms with E-state index in [1.807, 2.05) is 0 Å². The predicted molar refractivity (Wildman–Crippen MR) is 78.3 cm³/mol. The van der Waals surface area contributed by atoms with Gasteiger partial charge in [-0.25, -0.2) is 8.78 Å². The molecule has 116 valence electrons. The molecule has 1 atom stereocenters. The summed E-state index contributed by atoms with van der Waals surface area (Å²) in [5, 5.41) is 2.70. The Labute approximate surface area is 127 Å². The third-order valence-electron chi connectivity index (χ3n) is 4.04. The van der Waals surface area contributed by atoms with E-state index < -0.39 is 17.5 Å². The highest BCUT2D eigenvalue weighted by Crippen LogP contribution is 2.27. The zero-order valence-corrected chi connectivity index (χ0v) is 12.4. The lowest BCUT2D eigenvalue weighted by Crippen LogP contribution is -2.46. The predicted octanol–water partition coefficient (Wildman–Crippen LogP) is 3.26. The number of nitrogens with one attached hydrogen (secondary N) is 1. The normalized spacial score (nSPS) is 17.5. The van der Waals surface area contributed by atoms with Crippen LogP contribution in [0.4, 0.5) is 8.78 Å². The fourth-order valence-electron chi connectivity index (χ4n) is 2.85. The molecule has 0 aromatic heterocycles. The van der Waals surface area contributed by atoms with Crippen LogP contribution < -0.4 is 11.1 Å². The molecule has 0 aliphatic heterocycles. The van der Waals surface area contributed by atoms with Gasteiger partial charge in [-0.05, 0) is 30.9 Å². The first-order valence-electron chi connectivity index (χ1n) is 7.18. The van der Waals surface area contributed by atoms with E-state index in [1.165, 1.54) is 6.42 Å². The molecule has 0 radical (unpaired) electrons. The number of rotatable bonds is 4. The van der Waals surface area contributed by atoms with Gasteiger partial charge in [0.25, 0.3) is 5.91 Å². The number of nitrogens with two attached hydrogens (primary N) is 1. The Morgan fingerprint density at radius 3 is 2.52 bits per heavy atom. The maximum atomic E-state index is 13.3. The van der Waals surface area contributed by atoms with E-state index in [2.05, 4.69) is 5.32 Å². The van der Waals surface area contributed by atoms with Crippen LogP contribution in [0.15, 0.2) is 12.1 Å². The summed E-state index contributed by atoms with van der Waals surface area (Å²) in [6, 6.07) is 1.47. The molecule has 1 aliphatic carbocycles. The van der Waals surface area contributed by atoms with Crippen LogP contribution >= 0.6 is 11.6 Å². The van der Waals surface area contributed by atoms with E-state index in [9.17, 15) is 13.6 Å². The van der Waals surface area contributed by atoms with E-state index in [0.717, 1.165) is 37.8 Å². The van der Waals surface area contributed by atoms with Crippen molar-refractivity contribution in [3.05, 3.63) is 34.4 Å². The highest BCUT2D eigenvalue weighted by molar-refractivity contribution is 6.33. The number of amides is 1. The maximum Gasteiger partial charge on any atom is 0.253 e. The fraction of sp³-hybridized carbons (Fsp3) is 0.533. The summed E-state index contributed by atoms with van der Waals surface area (Å²) >= 11 is 5.81. The van der Waals surface area contributed by atoms with Crippen LogP contribution in [0, 0.1) is 17.6 Å². The second-order valence-corrected chi connectivity index (χ2v) is 5.87. The average Bonchev–Trinajstić information content (AvgIpc) is 2.49. The lowest BCUT2D eigenvalue weighted by molar-refractivity contribution is 0.0915. The smallest absolute Gasteiger partial charge is 0.253 e. The zero-order valence-electron chi connectivity index (χ0n) is 11.7. The Bertz CT molecular complexity index is 519. The van der Waals surface area contributed by atoms with E-state index >= 15 is 0 Å². The second-order valence-electron chi connectivity index (χ2n) is 5.46. The molecule has 3 N–H and O–H groups in total. The summed E-state index contributed by atoms with van der Waals surface area (Å²) in [4.78, 5) is 12.2. The molecule has 0 saturated heterocycles. The second kappa shape index (κ2) is 7.18. The van der Waals surface area contributed by atoms with Crippen molar-refractivity contribution in [1.82, 2.24) is 5.32 Å². The lowest BCUT2D eigenvalue weighted by Gasteiger charge is -2.30. The molecule has 1 aromatic rings. The van der Waals surface area contributed by atoms with Crippen LogP contribution in [-0.2, 0) is 0 Å². The largest absolute Gasteiger partial charge is 0.348 e. The molecule has 0 heterocycles. The summed E-state index contributed by atoms with van der Waals surface area (Å²) in [5.41, 5.74) is 5.68. The summed E-state index contributed by atoms with van der Waals surface area (Å²) in [7, 11) is 0. The van der Waals surface area contributed by atoms with Crippen LogP contribution in [0.1, 0.15) is 42.5 Å². The van der Waals surface area contributed by atoms with Crippen molar-refractivity contribution < 1.29 is 13.6 Å². The van der Waals surface area contributed by atoms with Gasteiger partial charge >= 0.3 is 0 Å². The fourth-order valence-corrected chi connectivity index (χ4v) is 3.08. The van der Waals surface area contributed by atoms with Crippen LogP contribution in [-0.4, -0.2) is 18.5 Å². The Kier molecular flexibility index (Phi) is 5.53. The lowest BCUT2D eigenvalue weighted by atomic mass is 9.84. The van der Waals surface area contributed by atoms with Crippen molar-refractivity contribution in [3.63, 3.8) is 0 Å². The summed E-state index contributed by atoms with van der Waals surface area (Å²) in [5.74, 6) is -2.34. The maximum absolute atomic E-state index is 13.3. The van der Waals surface area contributed by atoms with Gasteiger partial charge in [0.1, 0.15) is 0 Å². The molecule has 0 bridgehead atoms. The number of carbonyl (C=O) groups is 1. The summed E-state index contributed by atoms with van der Waals surface area (Å²) in [6.07, 6.45) is 5.50. The number of benzene rings is 1. The van der Waals surface area contributed by atoms with E-state index in [0.29, 0.717) is 12.5 Å². The number of carbonyl (C=O) groups excluding carboxylic acids is 1. The Hall–Kier alpha value is -1.20. The molecule has 0 spiro atoms. The van der Waals surface area contributed by atoms with E-state index in [4.69, 9.17) is 17.3 Å². The summed E-state index contributed by atoms with van der Waals surface area (Å²) in [6.45, 7) is 0.317. The molecular formula is C15H19ClF2N2O. The third-order valence-corrected chi connectivity index (χ3v) is 4.36. The van der Waals surface area contributed by atoms with Crippen molar-refractivity contribution in [3.8, 4) is 0 Å². The SMILES string of the molecule is NCC(NC(=O)c1cc(F)c(F)cc1Cl)C1CCCCC1. The van der Waals surface area contributed by atoms with E-state index in [1.54, 1.807) is 0 Å². The van der Waals surface area contributed by atoms with Crippen molar-refractivity contribution in [2.75, 3.05) is 6.54 Å². The molecule has 1 unspecified atom stereocenters. The van der Waals surface area contributed by atoms with E-state index in [-0.39, 0.29) is 16.6 Å². The molecule has 1 fully saturated rings. The monoisotopic (exact) mass is 316 g/mol. The number of halogens is 3. The highest BCUT2D eigenvalue weighted by Gasteiger charge is 2.25. The molecular weight excluding hydrogens is 298 g/mol. The molecule has 1 aliphatic rings. The van der Waals surface area contributed by atoms with Crippen molar-refractivity contribution in [1.29, 1.82) is 0 Å². The van der Waals surface area contributed by atoms with Gasteiger partial charge in [-0.1, -0.05) is 30.9 Å². The molecule has 21 heavy (non-hydrogen) atoms. The van der Waals surface area contributed by atoms with Crippen molar-refractivity contribution in [2.24, 2.45) is 11.7 Å². The topological polar surface area (TPSA) is 55.1 Å². The van der Waals surface area contributed by atoms with Crippen LogP contribution in [0.2, 0.25) is 5.02 Å². The Morgan fingerprint density at radius 1 is 1.29 bits per heavy atom. The zero-order chi connectivity index (χ0) is 15.4. The van der Waals surface area contributed by atoms with Gasteiger partial charge < -0.3 is 11.1 Å². The van der Waals surface area contributed by atoms with Gasteiger partial charge in [-0.2, -0.15) is 0 Å². The molecule has 3 nitrogen and oxygen atoms in total. The minimum absolute atomic E-state index is 0.0650. The van der Waals surface area contributed by atoms with Gasteiger partial charge in [0, 0.05) is 12.6 Å². The minimum Gasteiger partial charge on any atom is -0.348 e. The molecule has 1 aromatic carbocycles. The molecule has 1 saturated carbocycles. The molecule has 6 heteroatoms. The first kappa shape index (κ1) is 16.2. The van der Waals surface area contributed by atoms with Gasteiger partial charge in [0.2, 0.25) is 0 Å². The minimum atomic E-state index is -1.09. The molecule has 1 amide bonds. The first-order valence-corrected chi connectivity index (χ1v) is 7.56. The summed E-state index contributed by atoms with van der Waals surface area (Å²) < 4.78 is 26.3. The first-order chi connectivity index (χ1) is 10.0. The third kappa shape index (κ3) is 3.92.